The Morgan fingerprint density at radius 1 is 1.33 bits per heavy atom. The Bertz CT molecular complexity index is 503. The fraction of sp³-hybridized carbons (Fsp3) is 0.500. The number of benzene rings is 1. The molecule has 0 aromatic heterocycles. The Morgan fingerprint density at radius 2 is 2.00 bits per heavy atom. The summed E-state index contributed by atoms with van der Waals surface area (Å²) in [6, 6.07) is 3.59. The second-order valence-electron chi connectivity index (χ2n) is 4.04. The maximum Gasteiger partial charge on any atom is 0.246 e. The molecule has 6 heteroatoms. The molecular formula is C12H19FN2O2S. The monoisotopic (exact) mass is 274 g/mol. The highest BCUT2D eigenvalue weighted by atomic mass is 32.2. The molecule has 1 rings (SSSR count). The van der Waals surface area contributed by atoms with E-state index in [2.05, 4.69) is 0 Å². The number of unbranched alkanes of at least 4 members (excludes halogenated alkanes) is 1. The summed E-state index contributed by atoms with van der Waals surface area (Å²) in [7, 11) is -3.80. The number of anilines is 1. The lowest BCUT2D eigenvalue weighted by Gasteiger charge is -2.20. The van der Waals surface area contributed by atoms with Gasteiger partial charge in [0.2, 0.25) is 10.0 Å². The summed E-state index contributed by atoms with van der Waals surface area (Å²) in [4.78, 5) is -0.347. The van der Waals surface area contributed by atoms with Crippen molar-refractivity contribution in [2.45, 2.75) is 31.6 Å². The molecule has 1 aromatic carbocycles. The van der Waals surface area contributed by atoms with Crippen molar-refractivity contribution in [2.24, 2.45) is 0 Å². The number of nitrogens with two attached hydrogens (primary N) is 1. The lowest BCUT2D eigenvalue weighted by molar-refractivity contribution is 0.415. The van der Waals surface area contributed by atoms with Crippen LogP contribution >= 0.6 is 0 Å². The molecule has 0 saturated carbocycles. The second-order valence-corrected chi connectivity index (χ2v) is 5.95. The maximum atomic E-state index is 13.6. The molecule has 0 amide bonds. The van der Waals surface area contributed by atoms with Gasteiger partial charge in [-0.25, -0.2) is 12.8 Å². The first-order valence-corrected chi connectivity index (χ1v) is 7.42. The summed E-state index contributed by atoms with van der Waals surface area (Å²) in [5, 5.41) is 0. The number of rotatable bonds is 6. The average Bonchev–Trinajstić information content (AvgIpc) is 2.33. The van der Waals surface area contributed by atoms with E-state index in [1.54, 1.807) is 6.92 Å². The predicted molar refractivity (Wildman–Crippen MR) is 70.2 cm³/mol. The third-order valence-corrected chi connectivity index (χ3v) is 4.68. The van der Waals surface area contributed by atoms with Crippen LogP contribution < -0.4 is 5.73 Å². The van der Waals surface area contributed by atoms with E-state index in [0.717, 1.165) is 18.9 Å². The van der Waals surface area contributed by atoms with Gasteiger partial charge >= 0.3 is 0 Å². The van der Waals surface area contributed by atoms with Gasteiger partial charge in [-0.1, -0.05) is 20.3 Å². The van der Waals surface area contributed by atoms with Gasteiger partial charge < -0.3 is 5.73 Å². The number of sulfonamides is 1. The third kappa shape index (κ3) is 3.20. The fourth-order valence-electron chi connectivity index (χ4n) is 1.64. The SMILES string of the molecule is CCCCN(CC)S(=O)(=O)c1cc(N)ccc1F. The number of hydrogen-bond donors (Lipinski definition) is 1. The third-order valence-electron chi connectivity index (χ3n) is 2.69. The van der Waals surface area contributed by atoms with Gasteiger partial charge in [-0.15, -0.1) is 0 Å². The summed E-state index contributed by atoms with van der Waals surface area (Å²) in [5.74, 6) is -0.765. The molecule has 0 unspecified atom stereocenters. The molecule has 2 N–H and O–H groups in total. The van der Waals surface area contributed by atoms with Crippen molar-refractivity contribution in [1.82, 2.24) is 4.31 Å². The van der Waals surface area contributed by atoms with Gasteiger partial charge in [0.25, 0.3) is 0 Å². The molecule has 0 atom stereocenters. The Kier molecular flexibility index (Phi) is 5.10. The summed E-state index contributed by atoms with van der Waals surface area (Å²) in [6.45, 7) is 4.42. The van der Waals surface area contributed by atoms with E-state index in [4.69, 9.17) is 5.73 Å². The van der Waals surface area contributed by atoms with Crippen LogP contribution in [0.15, 0.2) is 23.1 Å². The molecule has 4 nitrogen and oxygen atoms in total. The second kappa shape index (κ2) is 6.15. The van der Waals surface area contributed by atoms with Gasteiger partial charge in [0.1, 0.15) is 10.7 Å². The smallest absolute Gasteiger partial charge is 0.246 e. The van der Waals surface area contributed by atoms with E-state index in [-0.39, 0.29) is 10.6 Å². The predicted octanol–water partition coefficient (Wildman–Crippen LogP) is 2.22. The standard InChI is InChI=1S/C12H19FN2O2S/c1-3-5-8-15(4-2)18(16,17)12-9-10(14)6-7-11(12)13/h6-7,9H,3-5,8,14H2,1-2H3. The van der Waals surface area contributed by atoms with Crippen molar-refractivity contribution in [3.8, 4) is 0 Å². The van der Waals surface area contributed by atoms with Gasteiger partial charge in [-0.2, -0.15) is 4.31 Å². The van der Waals surface area contributed by atoms with Crippen molar-refractivity contribution in [2.75, 3.05) is 18.8 Å². The Labute approximate surface area is 108 Å². The lowest BCUT2D eigenvalue weighted by atomic mass is 10.3. The van der Waals surface area contributed by atoms with Crippen molar-refractivity contribution < 1.29 is 12.8 Å². The molecule has 18 heavy (non-hydrogen) atoms. The molecule has 0 bridgehead atoms. The molecule has 0 aliphatic carbocycles. The number of nitrogen functional groups attached to an aromatic ring is 1. The molecule has 0 heterocycles. The van der Waals surface area contributed by atoms with E-state index >= 15 is 0 Å². The maximum absolute atomic E-state index is 13.6. The largest absolute Gasteiger partial charge is 0.399 e. The van der Waals surface area contributed by atoms with Crippen LogP contribution in [-0.4, -0.2) is 25.8 Å². The van der Waals surface area contributed by atoms with Crippen molar-refractivity contribution >= 4 is 15.7 Å². The molecule has 0 radical (unpaired) electrons. The quantitative estimate of drug-likeness (QED) is 0.809. The van der Waals surface area contributed by atoms with Gasteiger partial charge in [0.05, 0.1) is 0 Å². The van der Waals surface area contributed by atoms with Gasteiger partial charge in [-0.3, -0.25) is 0 Å². The summed E-state index contributed by atoms with van der Waals surface area (Å²) >= 11 is 0. The molecule has 0 aliphatic rings. The Morgan fingerprint density at radius 3 is 2.56 bits per heavy atom. The zero-order valence-corrected chi connectivity index (χ0v) is 11.5. The average molecular weight is 274 g/mol. The topological polar surface area (TPSA) is 63.4 Å². The summed E-state index contributed by atoms with van der Waals surface area (Å²) in [6.07, 6.45) is 1.63. The van der Waals surface area contributed by atoms with E-state index < -0.39 is 15.8 Å². The highest BCUT2D eigenvalue weighted by Crippen LogP contribution is 2.22. The molecule has 102 valence electrons. The van der Waals surface area contributed by atoms with Crippen LogP contribution in [0.4, 0.5) is 10.1 Å². The highest BCUT2D eigenvalue weighted by Gasteiger charge is 2.25. The number of nitrogens with zero attached hydrogens (tertiary/aromatic N) is 1. The minimum atomic E-state index is -3.80. The van der Waals surface area contributed by atoms with Crippen LogP contribution in [0.3, 0.4) is 0 Å². The first-order chi connectivity index (χ1) is 8.43. The first kappa shape index (κ1) is 14.9. The van der Waals surface area contributed by atoms with Crippen LogP contribution in [0, 0.1) is 5.82 Å². The molecule has 0 saturated heterocycles. The minimum Gasteiger partial charge on any atom is -0.399 e. The van der Waals surface area contributed by atoms with E-state index in [9.17, 15) is 12.8 Å². The van der Waals surface area contributed by atoms with Crippen LogP contribution in [0.25, 0.3) is 0 Å². The number of hydrogen-bond acceptors (Lipinski definition) is 3. The molecule has 0 spiro atoms. The summed E-state index contributed by atoms with van der Waals surface area (Å²) in [5.41, 5.74) is 5.75. The van der Waals surface area contributed by atoms with Crippen LogP contribution in [0.2, 0.25) is 0 Å². The van der Waals surface area contributed by atoms with Crippen molar-refractivity contribution in [3.05, 3.63) is 24.0 Å². The van der Waals surface area contributed by atoms with E-state index in [1.165, 1.54) is 16.4 Å². The molecule has 0 aliphatic heterocycles. The zero-order valence-electron chi connectivity index (χ0n) is 10.7. The minimum absolute atomic E-state index is 0.238. The zero-order chi connectivity index (χ0) is 13.8. The van der Waals surface area contributed by atoms with Gasteiger partial charge in [0, 0.05) is 18.8 Å². The summed E-state index contributed by atoms with van der Waals surface area (Å²) < 4.78 is 39.4. The van der Waals surface area contributed by atoms with Crippen molar-refractivity contribution in [1.29, 1.82) is 0 Å². The van der Waals surface area contributed by atoms with Gasteiger partial charge in [-0.05, 0) is 24.6 Å². The molecule has 1 aromatic rings. The van der Waals surface area contributed by atoms with Crippen LogP contribution in [-0.2, 0) is 10.0 Å². The van der Waals surface area contributed by atoms with E-state index in [0.29, 0.717) is 13.1 Å². The Balaban J connectivity index is 3.14. The van der Waals surface area contributed by atoms with Gasteiger partial charge in [0.15, 0.2) is 0 Å². The fourth-order valence-corrected chi connectivity index (χ4v) is 3.23. The lowest BCUT2D eigenvalue weighted by Crippen LogP contribution is -2.32. The van der Waals surface area contributed by atoms with E-state index in [1.807, 2.05) is 6.92 Å². The highest BCUT2D eigenvalue weighted by molar-refractivity contribution is 7.89. The number of halogens is 1. The first-order valence-electron chi connectivity index (χ1n) is 5.98. The van der Waals surface area contributed by atoms with Crippen LogP contribution in [0.5, 0.6) is 0 Å². The normalized spacial score (nSPS) is 12.0. The van der Waals surface area contributed by atoms with Crippen LogP contribution in [0.1, 0.15) is 26.7 Å². The molecule has 0 fully saturated rings. The Hall–Kier alpha value is -1.14. The molecular weight excluding hydrogens is 255 g/mol. The van der Waals surface area contributed by atoms with Crippen molar-refractivity contribution in [3.63, 3.8) is 0 Å².